The van der Waals surface area contributed by atoms with Crippen LogP contribution < -0.4 is 10.6 Å². The summed E-state index contributed by atoms with van der Waals surface area (Å²) in [5.74, 6) is -0.553. The molecular weight excluding hydrogens is 252 g/mol. The van der Waals surface area contributed by atoms with Gasteiger partial charge in [0.05, 0.1) is 12.5 Å². The molecule has 0 spiro atoms. The average molecular weight is 268 g/mol. The minimum absolute atomic E-state index is 0.146. The standard InChI is InChI=1S/C11H16N4O4/c1-6-13-9(15-19-6)5-12-11(18)14-8-4-2-3-7(8)10(16)17/h7-8H,2-5H2,1H3,(H,16,17)(H2,12,14,18). The second kappa shape index (κ2) is 5.68. The Bertz CT molecular complexity index is 473. The number of aliphatic carboxylic acids is 1. The van der Waals surface area contributed by atoms with E-state index in [1.54, 1.807) is 6.92 Å². The van der Waals surface area contributed by atoms with Crippen LogP contribution in [0, 0.1) is 12.8 Å². The molecule has 2 rings (SSSR count). The molecule has 0 radical (unpaired) electrons. The third-order valence-corrected chi connectivity index (χ3v) is 3.13. The lowest BCUT2D eigenvalue weighted by Crippen LogP contribution is -2.45. The number of carboxylic acid groups (broad SMARTS) is 1. The van der Waals surface area contributed by atoms with Crippen molar-refractivity contribution in [2.45, 2.75) is 38.8 Å². The van der Waals surface area contributed by atoms with Gasteiger partial charge in [-0.1, -0.05) is 11.6 Å². The first kappa shape index (κ1) is 13.3. The van der Waals surface area contributed by atoms with Crippen molar-refractivity contribution < 1.29 is 19.2 Å². The van der Waals surface area contributed by atoms with Crippen LogP contribution in [0.25, 0.3) is 0 Å². The smallest absolute Gasteiger partial charge is 0.315 e. The van der Waals surface area contributed by atoms with Crippen molar-refractivity contribution in [3.8, 4) is 0 Å². The highest BCUT2D eigenvalue weighted by molar-refractivity contribution is 5.76. The average Bonchev–Trinajstić information content (AvgIpc) is 2.95. The maximum Gasteiger partial charge on any atom is 0.315 e. The summed E-state index contributed by atoms with van der Waals surface area (Å²) in [6.07, 6.45) is 2.10. The Kier molecular flexibility index (Phi) is 3.98. The Morgan fingerprint density at radius 3 is 2.89 bits per heavy atom. The van der Waals surface area contributed by atoms with E-state index in [1.165, 1.54) is 0 Å². The van der Waals surface area contributed by atoms with E-state index in [4.69, 9.17) is 9.63 Å². The summed E-state index contributed by atoms with van der Waals surface area (Å²) in [7, 11) is 0. The zero-order chi connectivity index (χ0) is 13.8. The molecule has 1 aliphatic carbocycles. The van der Waals surface area contributed by atoms with Crippen LogP contribution >= 0.6 is 0 Å². The molecule has 104 valence electrons. The number of hydrogen-bond acceptors (Lipinski definition) is 5. The molecule has 19 heavy (non-hydrogen) atoms. The van der Waals surface area contributed by atoms with E-state index in [9.17, 15) is 9.59 Å². The number of hydrogen-bond donors (Lipinski definition) is 3. The quantitative estimate of drug-likeness (QED) is 0.729. The van der Waals surface area contributed by atoms with E-state index in [2.05, 4.69) is 20.8 Å². The first-order valence-corrected chi connectivity index (χ1v) is 6.12. The lowest BCUT2D eigenvalue weighted by molar-refractivity contribution is -0.142. The van der Waals surface area contributed by atoms with Crippen molar-refractivity contribution >= 4 is 12.0 Å². The molecule has 1 aromatic heterocycles. The van der Waals surface area contributed by atoms with Crippen molar-refractivity contribution in [3.63, 3.8) is 0 Å². The summed E-state index contributed by atoms with van der Waals surface area (Å²) >= 11 is 0. The van der Waals surface area contributed by atoms with E-state index in [0.717, 1.165) is 6.42 Å². The van der Waals surface area contributed by atoms with Crippen LogP contribution in [0.3, 0.4) is 0 Å². The van der Waals surface area contributed by atoms with Crippen molar-refractivity contribution in [3.05, 3.63) is 11.7 Å². The molecule has 1 fully saturated rings. The Hall–Kier alpha value is -2.12. The fourth-order valence-electron chi connectivity index (χ4n) is 2.22. The molecule has 1 saturated carbocycles. The lowest BCUT2D eigenvalue weighted by atomic mass is 10.0. The topological polar surface area (TPSA) is 117 Å². The molecule has 2 amide bonds. The minimum Gasteiger partial charge on any atom is -0.481 e. The van der Waals surface area contributed by atoms with Crippen molar-refractivity contribution in [2.24, 2.45) is 5.92 Å². The van der Waals surface area contributed by atoms with Crippen molar-refractivity contribution in [1.82, 2.24) is 20.8 Å². The van der Waals surface area contributed by atoms with Gasteiger partial charge in [-0.25, -0.2) is 4.79 Å². The fourth-order valence-corrected chi connectivity index (χ4v) is 2.22. The molecule has 1 aromatic rings. The Morgan fingerprint density at radius 2 is 2.26 bits per heavy atom. The van der Waals surface area contributed by atoms with Crippen LogP contribution in [0.2, 0.25) is 0 Å². The number of rotatable bonds is 4. The molecule has 0 aliphatic heterocycles. The molecule has 2 unspecified atom stereocenters. The van der Waals surface area contributed by atoms with Crippen LogP contribution in [-0.2, 0) is 11.3 Å². The molecule has 8 heteroatoms. The van der Waals surface area contributed by atoms with E-state index in [-0.39, 0.29) is 12.6 Å². The number of carbonyl (C=O) groups excluding carboxylic acids is 1. The van der Waals surface area contributed by atoms with Crippen LogP contribution in [0.1, 0.15) is 31.0 Å². The maximum absolute atomic E-state index is 11.6. The van der Waals surface area contributed by atoms with Gasteiger partial charge < -0.3 is 20.3 Å². The van der Waals surface area contributed by atoms with Gasteiger partial charge in [0.15, 0.2) is 5.82 Å². The zero-order valence-corrected chi connectivity index (χ0v) is 10.5. The fraction of sp³-hybridized carbons (Fsp3) is 0.636. The number of nitrogens with one attached hydrogen (secondary N) is 2. The molecule has 0 saturated heterocycles. The van der Waals surface area contributed by atoms with Gasteiger partial charge >= 0.3 is 12.0 Å². The molecule has 0 bridgehead atoms. The van der Waals surface area contributed by atoms with Gasteiger partial charge in [-0.05, 0) is 12.8 Å². The summed E-state index contributed by atoms with van der Waals surface area (Å²) in [5, 5.41) is 17.9. The monoisotopic (exact) mass is 268 g/mol. The highest BCUT2D eigenvalue weighted by Crippen LogP contribution is 2.25. The maximum atomic E-state index is 11.6. The number of nitrogens with zero attached hydrogens (tertiary/aromatic N) is 2. The van der Waals surface area contributed by atoms with Gasteiger partial charge in [-0.15, -0.1) is 0 Å². The third-order valence-electron chi connectivity index (χ3n) is 3.13. The number of urea groups is 1. The molecular formula is C11H16N4O4. The Balaban J connectivity index is 1.79. The molecule has 1 heterocycles. The number of carbonyl (C=O) groups is 2. The van der Waals surface area contributed by atoms with Crippen LogP contribution in [0.15, 0.2) is 4.52 Å². The minimum atomic E-state index is -0.864. The van der Waals surface area contributed by atoms with Gasteiger partial charge in [0.1, 0.15) is 0 Å². The molecule has 0 aromatic carbocycles. The SMILES string of the molecule is Cc1nc(CNC(=O)NC2CCCC2C(=O)O)no1. The third kappa shape index (κ3) is 3.43. The zero-order valence-electron chi connectivity index (χ0n) is 10.5. The Labute approximate surface area is 109 Å². The van der Waals surface area contributed by atoms with E-state index in [0.29, 0.717) is 24.6 Å². The summed E-state index contributed by atoms with van der Waals surface area (Å²) in [6.45, 7) is 1.81. The van der Waals surface area contributed by atoms with Crippen LogP contribution in [0.4, 0.5) is 4.79 Å². The highest BCUT2D eigenvalue weighted by atomic mass is 16.5. The Morgan fingerprint density at radius 1 is 1.47 bits per heavy atom. The van der Waals surface area contributed by atoms with E-state index >= 15 is 0 Å². The van der Waals surface area contributed by atoms with Crippen molar-refractivity contribution in [2.75, 3.05) is 0 Å². The predicted molar refractivity (Wildman–Crippen MR) is 63.2 cm³/mol. The summed E-state index contributed by atoms with van der Waals surface area (Å²) in [4.78, 5) is 26.6. The van der Waals surface area contributed by atoms with Crippen LogP contribution in [0.5, 0.6) is 0 Å². The number of aromatic nitrogens is 2. The van der Waals surface area contributed by atoms with E-state index < -0.39 is 17.9 Å². The summed E-state index contributed by atoms with van der Waals surface area (Å²) < 4.78 is 4.77. The molecule has 2 atom stereocenters. The van der Waals surface area contributed by atoms with Crippen LogP contribution in [-0.4, -0.2) is 33.3 Å². The van der Waals surface area contributed by atoms with Gasteiger partial charge in [-0.2, -0.15) is 4.98 Å². The first-order valence-electron chi connectivity index (χ1n) is 6.12. The van der Waals surface area contributed by atoms with Gasteiger partial charge in [0.2, 0.25) is 5.89 Å². The summed E-state index contributed by atoms with van der Waals surface area (Å²) in [5.41, 5.74) is 0. The molecule has 3 N–H and O–H groups in total. The number of aryl methyl sites for hydroxylation is 1. The second-order valence-corrected chi connectivity index (χ2v) is 4.54. The predicted octanol–water partition coefficient (Wildman–Crippen LogP) is 0.431. The van der Waals surface area contributed by atoms with Gasteiger partial charge in [0, 0.05) is 13.0 Å². The number of carboxylic acids is 1. The normalized spacial score (nSPS) is 22.2. The highest BCUT2D eigenvalue weighted by Gasteiger charge is 2.33. The largest absolute Gasteiger partial charge is 0.481 e. The molecule has 1 aliphatic rings. The van der Waals surface area contributed by atoms with E-state index in [1.807, 2.05) is 0 Å². The lowest BCUT2D eigenvalue weighted by Gasteiger charge is -2.17. The van der Waals surface area contributed by atoms with Gasteiger partial charge in [-0.3, -0.25) is 4.79 Å². The van der Waals surface area contributed by atoms with Gasteiger partial charge in [0.25, 0.3) is 0 Å². The first-order chi connectivity index (χ1) is 9.06. The number of amides is 2. The molecule has 8 nitrogen and oxygen atoms in total. The summed E-state index contributed by atoms with van der Waals surface area (Å²) in [6, 6.07) is -0.731. The second-order valence-electron chi connectivity index (χ2n) is 4.54. The van der Waals surface area contributed by atoms with Crippen molar-refractivity contribution in [1.29, 1.82) is 0 Å².